The normalized spacial score (nSPS) is 10.9. The zero-order valence-corrected chi connectivity index (χ0v) is 15.9. The van der Waals surface area contributed by atoms with Crippen molar-refractivity contribution in [2.75, 3.05) is 6.61 Å². The number of unbranched alkanes of at least 4 members (excludes halogenated alkanes) is 14. The van der Waals surface area contributed by atoms with Crippen LogP contribution < -0.4 is 0 Å². The van der Waals surface area contributed by atoms with Crippen LogP contribution in [-0.4, -0.2) is 12.6 Å². The van der Waals surface area contributed by atoms with Gasteiger partial charge in [-0.1, -0.05) is 97.3 Å². The van der Waals surface area contributed by atoms with E-state index in [-0.39, 0.29) is 5.97 Å². The maximum absolute atomic E-state index is 11.6. The molecule has 0 saturated carbocycles. The highest BCUT2D eigenvalue weighted by Crippen LogP contribution is 2.10. The molecule has 0 bridgehead atoms. The lowest BCUT2D eigenvalue weighted by molar-refractivity contribution is -0.143. The summed E-state index contributed by atoms with van der Waals surface area (Å²) in [5.74, 6) is -0.0427. The number of carbonyl (C=O) groups excluding carboxylic acids is 1. The van der Waals surface area contributed by atoms with E-state index >= 15 is 0 Å². The molecule has 0 aliphatic rings. The lowest BCUT2D eigenvalue weighted by Gasteiger charge is -2.05. The smallest absolute Gasteiger partial charge is 0.306 e. The van der Waals surface area contributed by atoms with E-state index in [0.717, 1.165) is 12.8 Å². The Hall–Kier alpha value is -0.530. The minimum atomic E-state index is -0.0427. The minimum absolute atomic E-state index is 0.0427. The molecule has 2 heteroatoms. The van der Waals surface area contributed by atoms with Gasteiger partial charge in [0.2, 0.25) is 0 Å². The van der Waals surface area contributed by atoms with E-state index in [1.54, 1.807) is 0 Å². The van der Waals surface area contributed by atoms with Crippen LogP contribution in [0.5, 0.6) is 0 Å². The average Bonchev–Trinajstić information content (AvgIpc) is 2.56. The molecule has 0 amide bonds. The third kappa shape index (κ3) is 19.4. The monoisotopic (exact) mass is 325 g/mol. The predicted molar refractivity (Wildman–Crippen MR) is 100 cm³/mol. The van der Waals surface area contributed by atoms with Crippen LogP contribution >= 0.6 is 0 Å². The third-order valence-electron chi connectivity index (χ3n) is 4.33. The molecular formula is C21H41O2. The van der Waals surface area contributed by atoms with E-state index in [1.807, 2.05) is 0 Å². The highest BCUT2D eigenvalue weighted by Gasteiger charge is 2.02. The first-order chi connectivity index (χ1) is 11.3. The molecule has 2 nitrogen and oxygen atoms in total. The molecule has 0 aromatic rings. The Morgan fingerprint density at radius 1 is 0.696 bits per heavy atom. The van der Waals surface area contributed by atoms with Gasteiger partial charge >= 0.3 is 5.97 Å². The fraction of sp³-hybridized carbons (Fsp3) is 0.905. The van der Waals surface area contributed by atoms with Crippen molar-refractivity contribution in [1.82, 2.24) is 0 Å². The van der Waals surface area contributed by atoms with Crippen LogP contribution in [0.1, 0.15) is 117 Å². The first-order valence-electron chi connectivity index (χ1n) is 10.3. The number of carbonyl (C=O) groups is 1. The molecule has 0 aliphatic carbocycles. The fourth-order valence-corrected chi connectivity index (χ4v) is 2.77. The summed E-state index contributed by atoms with van der Waals surface area (Å²) in [6.07, 6.45) is 21.8. The van der Waals surface area contributed by atoms with Crippen molar-refractivity contribution in [3.05, 3.63) is 6.42 Å². The number of hydrogen-bond acceptors (Lipinski definition) is 2. The van der Waals surface area contributed by atoms with Crippen molar-refractivity contribution in [2.45, 2.75) is 117 Å². The predicted octanol–water partition coefficient (Wildman–Crippen LogP) is 7.02. The van der Waals surface area contributed by atoms with E-state index in [4.69, 9.17) is 4.74 Å². The quantitative estimate of drug-likeness (QED) is 0.200. The van der Waals surface area contributed by atoms with Crippen molar-refractivity contribution in [1.29, 1.82) is 0 Å². The molecule has 23 heavy (non-hydrogen) atoms. The van der Waals surface area contributed by atoms with Crippen LogP contribution in [0, 0.1) is 6.42 Å². The third-order valence-corrected chi connectivity index (χ3v) is 4.33. The molecule has 0 unspecified atom stereocenters. The zero-order valence-electron chi connectivity index (χ0n) is 15.9. The van der Waals surface area contributed by atoms with Crippen molar-refractivity contribution in [2.24, 2.45) is 0 Å². The van der Waals surface area contributed by atoms with Gasteiger partial charge in [0.15, 0.2) is 0 Å². The van der Waals surface area contributed by atoms with E-state index in [9.17, 15) is 4.79 Å². The van der Waals surface area contributed by atoms with Gasteiger partial charge < -0.3 is 4.74 Å². The highest BCUT2D eigenvalue weighted by molar-refractivity contribution is 5.70. The molecule has 0 heterocycles. The first kappa shape index (κ1) is 22.5. The molecule has 0 spiro atoms. The van der Waals surface area contributed by atoms with Crippen LogP contribution in [0.15, 0.2) is 0 Å². The Bertz CT molecular complexity index is 238. The van der Waals surface area contributed by atoms with Crippen LogP contribution in [-0.2, 0) is 9.53 Å². The van der Waals surface area contributed by atoms with Crippen molar-refractivity contribution < 1.29 is 9.53 Å². The Balaban J connectivity index is 3.13. The Labute approximate surface area is 145 Å². The number of ether oxygens (including phenoxy) is 1. The van der Waals surface area contributed by atoms with E-state index in [0.29, 0.717) is 13.0 Å². The maximum Gasteiger partial charge on any atom is 0.306 e. The number of hydrogen-bond donors (Lipinski definition) is 0. The summed E-state index contributed by atoms with van der Waals surface area (Å²) < 4.78 is 5.28. The van der Waals surface area contributed by atoms with Crippen LogP contribution in [0.25, 0.3) is 0 Å². The topological polar surface area (TPSA) is 26.3 Å². The fourth-order valence-electron chi connectivity index (χ4n) is 2.77. The van der Waals surface area contributed by atoms with Gasteiger partial charge in [0, 0.05) is 6.42 Å². The Morgan fingerprint density at radius 3 is 1.74 bits per heavy atom. The Morgan fingerprint density at radius 2 is 1.17 bits per heavy atom. The minimum Gasteiger partial charge on any atom is -0.466 e. The molecule has 137 valence electrons. The molecule has 1 radical (unpaired) electrons. The summed E-state index contributed by atoms with van der Waals surface area (Å²) in [6, 6.07) is 0. The highest BCUT2D eigenvalue weighted by atomic mass is 16.5. The summed E-state index contributed by atoms with van der Waals surface area (Å²) in [6.45, 7) is 5.10. The van der Waals surface area contributed by atoms with E-state index in [2.05, 4.69) is 20.3 Å². The Kier molecular flexibility index (Phi) is 19.1. The molecule has 0 aromatic heterocycles. The molecule has 0 aromatic carbocycles. The molecule has 0 atom stereocenters. The average molecular weight is 326 g/mol. The summed E-state index contributed by atoms with van der Waals surface area (Å²) in [4.78, 5) is 11.6. The second kappa shape index (κ2) is 19.5. The summed E-state index contributed by atoms with van der Waals surface area (Å²) >= 11 is 0. The number of esters is 1. The van der Waals surface area contributed by atoms with Crippen LogP contribution in [0.4, 0.5) is 0 Å². The van der Waals surface area contributed by atoms with Gasteiger partial charge in [-0.15, -0.1) is 0 Å². The van der Waals surface area contributed by atoms with Gasteiger partial charge in [-0.25, -0.2) is 0 Å². The molecule has 0 aliphatic heterocycles. The molecule has 0 fully saturated rings. The van der Waals surface area contributed by atoms with Crippen LogP contribution in [0.3, 0.4) is 0 Å². The first-order valence-corrected chi connectivity index (χ1v) is 10.3. The zero-order chi connectivity index (χ0) is 17.0. The van der Waals surface area contributed by atoms with E-state index in [1.165, 1.54) is 83.5 Å². The van der Waals surface area contributed by atoms with Crippen molar-refractivity contribution in [3.63, 3.8) is 0 Å². The summed E-state index contributed by atoms with van der Waals surface area (Å²) in [5, 5.41) is 0. The van der Waals surface area contributed by atoms with Gasteiger partial charge in [-0.2, -0.15) is 0 Å². The van der Waals surface area contributed by atoms with Gasteiger partial charge in [-0.05, 0) is 19.3 Å². The van der Waals surface area contributed by atoms with Crippen molar-refractivity contribution in [3.8, 4) is 0 Å². The lowest BCUT2D eigenvalue weighted by Crippen LogP contribution is -2.05. The standard InChI is InChI=1S/C21H41O2/c1-3-5-7-9-11-13-15-17-19-21(22)23-20-18-16-14-12-10-8-6-4-2/h17H,3-16,18-20H2,1-2H3. The van der Waals surface area contributed by atoms with Gasteiger partial charge in [0.1, 0.15) is 0 Å². The second-order valence-electron chi connectivity index (χ2n) is 6.74. The van der Waals surface area contributed by atoms with Crippen LogP contribution in [0.2, 0.25) is 0 Å². The summed E-state index contributed by atoms with van der Waals surface area (Å²) in [7, 11) is 0. The molecule has 0 N–H and O–H groups in total. The SMILES string of the molecule is CCCCCCCC[CH]CC(=O)OCCCCCCCCCC. The van der Waals surface area contributed by atoms with Crippen molar-refractivity contribution >= 4 is 5.97 Å². The number of rotatable bonds is 18. The molecule has 0 saturated heterocycles. The second-order valence-corrected chi connectivity index (χ2v) is 6.74. The largest absolute Gasteiger partial charge is 0.466 e. The molecular weight excluding hydrogens is 284 g/mol. The van der Waals surface area contributed by atoms with E-state index < -0.39 is 0 Å². The van der Waals surface area contributed by atoms with Gasteiger partial charge in [0.05, 0.1) is 6.61 Å². The lowest BCUT2D eigenvalue weighted by atomic mass is 10.1. The maximum atomic E-state index is 11.6. The van der Waals surface area contributed by atoms with Gasteiger partial charge in [-0.3, -0.25) is 4.79 Å². The molecule has 0 rings (SSSR count). The summed E-state index contributed by atoms with van der Waals surface area (Å²) in [5.41, 5.74) is 0. The van der Waals surface area contributed by atoms with Gasteiger partial charge in [0.25, 0.3) is 0 Å².